The smallest absolute Gasteiger partial charge is 0.286 e. The number of nitrogens with zero attached hydrogens (tertiary/aromatic N) is 3. The standard InChI is InChI=1S/C22H18F2N4O4S/c23-14-2-1-3-15(24)18(14)22(30)28-8-6-12(7-9-28)20-26-27-21(33-20)19(29)25-13-4-5-16-17(10-13)32-11-31-16/h1-5,10,12H,6-9,11H2,(H,25,29). The maximum atomic E-state index is 13.9. The fourth-order valence-electron chi connectivity index (χ4n) is 3.84. The number of rotatable bonds is 4. The second kappa shape index (κ2) is 8.74. The van der Waals surface area contributed by atoms with Crippen molar-refractivity contribution in [1.82, 2.24) is 15.1 Å². The van der Waals surface area contributed by atoms with E-state index in [0.717, 1.165) is 12.1 Å². The maximum absolute atomic E-state index is 13.9. The van der Waals surface area contributed by atoms with Gasteiger partial charge in [0.2, 0.25) is 11.8 Å². The van der Waals surface area contributed by atoms with Crippen molar-refractivity contribution in [2.24, 2.45) is 0 Å². The Morgan fingerprint density at radius 1 is 1.03 bits per heavy atom. The first kappa shape index (κ1) is 21.3. The van der Waals surface area contributed by atoms with Crippen molar-refractivity contribution in [3.63, 3.8) is 0 Å². The molecule has 3 heterocycles. The molecule has 1 saturated heterocycles. The molecule has 1 N–H and O–H groups in total. The summed E-state index contributed by atoms with van der Waals surface area (Å²) >= 11 is 1.19. The van der Waals surface area contributed by atoms with Gasteiger partial charge in [0.05, 0.1) is 0 Å². The molecule has 5 rings (SSSR count). The van der Waals surface area contributed by atoms with E-state index in [1.807, 2.05) is 0 Å². The molecule has 0 radical (unpaired) electrons. The second-order valence-electron chi connectivity index (χ2n) is 7.63. The Labute approximate surface area is 191 Å². The van der Waals surface area contributed by atoms with Crippen LogP contribution in [0.1, 0.15) is 43.9 Å². The monoisotopic (exact) mass is 472 g/mol. The molecule has 0 bridgehead atoms. The minimum Gasteiger partial charge on any atom is -0.454 e. The average molecular weight is 472 g/mol. The number of carbonyl (C=O) groups is 2. The maximum Gasteiger partial charge on any atom is 0.286 e. The van der Waals surface area contributed by atoms with Crippen LogP contribution in [-0.2, 0) is 0 Å². The summed E-state index contributed by atoms with van der Waals surface area (Å²) in [5.74, 6) is -1.61. The Morgan fingerprint density at radius 3 is 2.52 bits per heavy atom. The van der Waals surface area contributed by atoms with Gasteiger partial charge in [0.1, 0.15) is 22.2 Å². The number of nitrogens with one attached hydrogen (secondary N) is 1. The zero-order valence-electron chi connectivity index (χ0n) is 17.2. The first-order chi connectivity index (χ1) is 16.0. The predicted molar refractivity (Wildman–Crippen MR) is 115 cm³/mol. The molecule has 33 heavy (non-hydrogen) atoms. The van der Waals surface area contributed by atoms with Crippen LogP contribution >= 0.6 is 11.3 Å². The number of ether oxygens (including phenoxy) is 2. The highest BCUT2D eigenvalue weighted by Crippen LogP contribution is 2.35. The Kier molecular flexibility index (Phi) is 5.63. The van der Waals surface area contributed by atoms with E-state index in [1.54, 1.807) is 18.2 Å². The Balaban J connectivity index is 1.20. The molecule has 0 spiro atoms. The van der Waals surface area contributed by atoms with Gasteiger partial charge in [-0.25, -0.2) is 8.78 Å². The minimum atomic E-state index is -0.871. The highest BCUT2D eigenvalue weighted by Gasteiger charge is 2.30. The van der Waals surface area contributed by atoms with E-state index in [-0.39, 0.29) is 23.6 Å². The third-order valence-corrected chi connectivity index (χ3v) is 6.66. The van der Waals surface area contributed by atoms with Crippen LogP contribution in [-0.4, -0.2) is 46.8 Å². The van der Waals surface area contributed by atoms with Crippen molar-refractivity contribution >= 4 is 28.8 Å². The summed E-state index contributed by atoms with van der Waals surface area (Å²) in [4.78, 5) is 26.6. The van der Waals surface area contributed by atoms with Crippen LogP contribution in [0.25, 0.3) is 0 Å². The van der Waals surface area contributed by atoms with Crippen molar-refractivity contribution in [1.29, 1.82) is 0 Å². The zero-order chi connectivity index (χ0) is 22.9. The number of amides is 2. The van der Waals surface area contributed by atoms with E-state index in [1.165, 1.54) is 22.3 Å². The van der Waals surface area contributed by atoms with Gasteiger partial charge in [-0.15, -0.1) is 10.2 Å². The van der Waals surface area contributed by atoms with Crippen molar-refractivity contribution in [2.45, 2.75) is 18.8 Å². The summed E-state index contributed by atoms with van der Waals surface area (Å²) in [7, 11) is 0. The SMILES string of the molecule is O=C(Nc1ccc2c(c1)OCO2)c1nnc(C2CCN(C(=O)c3c(F)cccc3F)CC2)s1. The number of anilines is 1. The van der Waals surface area contributed by atoms with Gasteiger partial charge in [-0.2, -0.15) is 0 Å². The van der Waals surface area contributed by atoms with Gasteiger partial charge >= 0.3 is 0 Å². The third-order valence-electron chi connectivity index (χ3n) is 5.57. The largest absolute Gasteiger partial charge is 0.454 e. The molecular formula is C22H18F2N4O4S. The van der Waals surface area contributed by atoms with Crippen LogP contribution < -0.4 is 14.8 Å². The van der Waals surface area contributed by atoms with Crippen LogP contribution in [0, 0.1) is 11.6 Å². The lowest BCUT2D eigenvalue weighted by Crippen LogP contribution is -2.38. The molecule has 2 aliphatic heterocycles. The van der Waals surface area contributed by atoms with Gasteiger partial charge in [0.15, 0.2) is 11.5 Å². The molecule has 2 aliphatic rings. The first-order valence-corrected chi connectivity index (χ1v) is 11.1. The van der Waals surface area contributed by atoms with Gasteiger partial charge < -0.3 is 19.7 Å². The van der Waals surface area contributed by atoms with E-state index in [4.69, 9.17) is 9.47 Å². The summed E-state index contributed by atoms with van der Waals surface area (Å²) < 4.78 is 38.4. The summed E-state index contributed by atoms with van der Waals surface area (Å²) in [5.41, 5.74) is 0.0162. The predicted octanol–water partition coefficient (Wildman–Crippen LogP) is 3.82. The van der Waals surface area contributed by atoms with Gasteiger partial charge in [-0.1, -0.05) is 17.4 Å². The molecule has 2 aromatic carbocycles. The van der Waals surface area contributed by atoms with Crippen LogP contribution in [0.3, 0.4) is 0 Å². The normalized spacial score (nSPS) is 15.5. The molecule has 1 aromatic heterocycles. The molecule has 3 aromatic rings. The summed E-state index contributed by atoms with van der Waals surface area (Å²) in [5, 5.41) is 11.8. The molecule has 11 heteroatoms. The van der Waals surface area contributed by atoms with Gasteiger partial charge in [0, 0.05) is 30.8 Å². The molecule has 0 aliphatic carbocycles. The van der Waals surface area contributed by atoms with Crippen molar-refractivity contribution < 1.29 is 27.8 Å². The molecule has 2 amide bonds. The number of carbonyl (C=O) groups excluding carboxylic acids is 2. The number of likely N-dealkylation sites (tertiary alicyclic amines) is 1. The minimum absolute atomic E-state index is 0.00381. The van der Waals surface area contributed by atoms with E-state index in [2.05, 4.69) is 15.5 Å². The first-order valence-electron chi connectivity index (χ1n) is 10.3. The number of fused-ring (bicyclic) bond motifs is 1. The topological polar surface area (TPSA) is 93.7 Å². The molecule has 0 unspecified atom stereocenters. The lowest BCUT2D eigenvalue weighted by Gasteiger charge is -2.31. The molecular weight excluding hydrogens is 454 g/mol. The fourth-order valence-corrected chi connectivity index (χ4v) is 4.75. The molecule has 170 valence electrons. The fraction of sp³-hybridized carbons (Fsp3) is 0.273. The van der Waals surface area contributed by atoms with Crippen LogP contribution in [0.15, 0.2) is 36.4 Å². The lowest BCUT2D eigenvalue weighted by atomic mass is 9.97. The molecule has 8 nitrogen and oxygen atoms in total. The number of halogens is 2. The summed E-state index contributed by atoms with van der Waals surface area (Å²) in [6, 6.07) is 8.46. The van der Waals surface area contributed by atoms with Crippen LogP contribution in [0.5, 0.6) is 11.5 Å². The Hall–Kier alpha value is -3.60. The molecule has 1 fully saturated rings. The third kappa shape index (κ3) is 4.23. The van der Waals surface area contributed by atoms with E-state index >= 15 is 0 Å². The number of hydrogen-bond donors (Lipinski definition) is 1. The zero-order valence-corrected chi connectivity index (χ0v) is 18.0. The van der Waals surface area contributed by atoms with E-state index in [0.29, 0.717) is 48.1 Å². The van der Waals surface area contributed by atoms with Crippen molar-refractivity contribution in [2.75, 3.05) is 25.2 Å². The number of benzene rings is 2. The molecule has 0 atom stereocenters. The van der Waals surface area contributed by atoms with Crippen molar-refractivity contribution in [3.05, 3.63) is 63.6 Å². The second-order valence-corrected chi connectivity index (χ2v) is 8.64. The average Bonchev–Trinajstić information content (AvgIpc) is 3.49. The van der Waals surface area contributed by atoms with Crippen molar-refractivity contribution in [3.8, 4) is 11.5 Å². The highest BCUT2D eigenvalue weighted by atomic mass is 32.1. The lowest BCUT2D eigenvalue weighted by molar-refractivity contribution is 0.0702. The van der Waals surface area contributed by atoms with Gasteiger partial charge in [-0.3, -0.25) is 9.59 Å². The number of piperidine rings is 1. The highest BCUT2D eigenvalue weighted by molar-refractivity contribution is 7.13. The van der Waals surface area contributed by atoms with Crippen LogP contribution in [0.4, 0.5) is 14.5 Å². The van der Waals surface area contributed by atoms with Gasteiger partial charge in [0.25, 0.3) is 11.8 Å². The van der Waals surface area contributed by atoms with E-state index < -0.39 is 23.1 Å². The Bertz CT molecular complexity index is 1210. The molecule has 0 saturated carbocycles. The summed E-state index contributed by atoms with van der Waals surface area (Å²) in [6.07, 6.45) is 1.11. The van der Waals surface area contributed by atoms with E-state index in [9.17, 15) is 18.4 Å². The van der Waals surface area contributed by atoms with Crippen LogP contribution in [0.2, 0.25) is 0 Å². The summed E-state index contributed by atoms with van der Waals surface area (Å²) in [6.45, 7) is 0.803. The number of hydrogen-bond acceptors (Lipinski definition) is 7. The Morgan fingerprint density at radius 2 is 1.76 bits per heavy atom. The van der Waals surface area contributed by atoms with Gasteiger partial charge in [-0.05, 0) is 37.1 Å². The number of aromatic nitrogens is 2. The quantitative estimate of drug-likeness (QED) is 0.621.